The van der Waals surface area contributed by atoms with Gasteiger partial charge in [-0.2, -0.15) is 0 Å². The van der Waals surface area contributed by atoms with E-state index in [1.807, 2.05) is 19.1 Å². The molecule has 1 heterocycles. The molecule has 0 radical (unpaired) electrons. The lowest BCUT2D eigenvalue weighted by molar-refractivity contribution is 0.457. The lowest BCUT2D eigenvalue weighted by atomic mass is 10.2. The van der Waals surface area contributed by atoms with Crippen molar-refractivity contribution in [3.63, 3.8) is 0 Å². The average molecular weight is 286 g/mol. The van der Waals surface area contributed by atoms with Crippen molar-refractivity contribution in [1.82, 2.24) is 5.32 Å². The van der Waals surface area contributed by atoms with Gasteiger partial charge in [0, 0.05) is 23.0 Å². The molecule has 18 heavy (non-hydrogen) atoms. The van der Waals surface area contributed by atoms with E-state index in [-0.39, 0.29) is 17.6 Å². The molecule has 2 aromatic rings. The first-order chi connectivity index (χ1) is 8.56. The van der Waals surface area contributed by atoms with Crippen molar-refractivity contribution in [3.8, 4) is 5.75 Å². The molecule has 0 aliphatic heterocycles. The van der Waals surface area contributed by atoms with Gasteiger partial charge in [-0.05, 0) is 37.3 Å². The number of phenols is 1. The van der Waals surface area contributed by atoms with Gasteiger partial charge in [-0.15, -0.1) is 11.3 Å². The Morgan fingerprint density at radius 3 is 2.83 bits per heavy atom. The van der Waals surface area contributed by atoms with Gasteiger partial charge >= 0.3 is 0 Å². The summed E-state index contributed by atoms with van der Waals surface area (Å²) in [6.45, 7) is 2.40. The summed E-state index contributed by atoms with van der Waals surface area (Å²) in [6.07, 6.45) is 0. The van der Waals surface area contributed by atoms with E-state index in [0.717, 1.165) is 9.21 Å². The van der Waals surface area contributed by atoms with Crippen LogP contribution in [0.1, 0.15) is 23.4 Å². The molecule has 0 aliphatic carbocycles. The van der Waals surface area contributed by atoms with Crippen molar-refractivity contribution in [2.45, 2.75) is 19.5 Å². The normalized spacial score (nSPS) is 12.6. The Balaban J connectivity index is 2.01. The van der Waals surface area contributed by atoms with Crippen molar-refractivity contribution in [2.75, 3.05) is 0 Å². The number of phenolic OH excluding ortho intramolecular Hbond substituents is 1. The van der Waals surface area contributed by atoms with Gasteiger partial charge in [0.15, 0.2) is 0 Å². The highest BCUT2D eigenvalue weighted by Gasteiger charge is 2.09. The summed E-state index contributed by atoms with van der Waals surface area (Å²) < 4.78 is 13.8. The Kier molecular flexibility index (Phi) is 4.22. The molecule has 1 unspecified atom stereocenters. The van der Waals surface area contributed by atoms with Crippen LogP contribution in [0.5, 0.6) is 5.75 Å². The molecule has 0 saturated heterocycles. The number of nitrogens with one attached hydrogen (secondary N) is 1. The van der Waals surface area contributed by atoms with Gasteiger partial charge in [-0.25, -0.2) is 4.39 Å². The van der Waals surface area contributed by atoms with E-state index in [1.54, 1.807) is 0 Å². The standard InChI is InChI=1S/C13H13ClFNOS/c1-8(12-4-5-13(14)18-12)16-7-9-6-10(15)2-3-11(9)17/h2-6,8,16-17H,7H2,1H3. The molecule has 5 heteroatoms. The molecule has 0 bridgehead atoms. The number of thiophene rings is 1. The van der Waals surface area contributed by atoms with Crippen LogP contribution in [-0.4, -0.2) is 5.11 Å². The summed E-state index contributed by atoms with van der Waals surface area (Å²) >= 11 is 7.37. The van der Waals surface area contributed by atoms with Crippen LogP contribution in [0.3, 0.4) is 0 Å². The summed E-state index contributed by atoms with van der Waals surface area (Å²) in [4.78, 5) is 1.11. The minimum atomic E-state index is -0.351. The number of halogens is 2. The van der Waals surface area contributed by atoms with Crippen LogP contribution < -0.4 is 5.32 Å². The van der Waals surface area contributed by atoms with Crippen LogP contribution in [0, 0.1) is 5.82 Å². The maximum absolute atomic E-state index is 13.0. The number of hydrogen-bond donors (Lipinski definition) is 2. The quantitative estimate of drug-likeness (QED) is 0.886. The van der Waals surface area contributed by atoms with Gasteiger partial charge < -0.3 is 10.4 Å². The highest BCUT2D eigenvalue weighted by molar-refractivity contribution is 7.16. The molecule has 2 N–H and O–H groups in total. The van der Waals surface area contributed by atoms with Gasteiger partial charge in [-0.1, -0.05) is 11.6 Å². The van der Waals surface area contributed by atoms with Crippen LogP contribution in [0.4, 0.5) is 4.39 Å². The van der Waals surface area contributed by atoms with Gasteiger partial charge in [0.2, 0.25) is 0 Å². The molecular formula is C13H13ClFNOS. The second-order valence-electron chi connectivity index (χ2n) is 4.02. The van der Waals surface area contributed by atoms with E-state index in [1.165, 1.54) is 29.5 Å². The maximum Gasteiger partial charge on any atom is 0.123 e. The van der Waals surface area contributed by atoms with E-state index in [2.05, 4.69) is 5.32 Å². The smallest absolute Gasteiger partial charge is 0.123 e. The largest absolute Gasteiger partial charge is 0.508 e. The zero-order valence-corrected chi connectivity index (χ0v) is 11.4. The predicted molar refractivity (Wildman–Crippen MR) is 72.6 cm³/mol. The zero-order valence-electron chi connectivity index (χ0n) is 9.78. The van der Waals surface area contributed by atoms with Crippen molar-refractivity contribution in [1.29, 1.82) is 0 Å². The lowest BCUT2D eigenvalue weighted by Gasteiger charge is -2.12. The maximum atomic E-state index is 13.0. The number of aromatic hydroxyl groups is 1. The van der Waals surface area contributed by atoms with Crippen molar-refractivity contribution >= 4 is 22.9 Å². The second-order valence-corrected chi connectivity index (χ2v) is 5.76. The van der Waals surface area contributed by atoms with Gasteiger partial charge in [-0.3, -0.25) is 0 Å². The van der Waals surface area contributed by atoms with Gasteiger partial charge in [0.05, 0.1) is 4.34 Å². The second kappa shape index (κ2) is 5.69. The average Bonchev–Trinajstić information content (AvgIpc) is 2.77. The summed E-state index contributed by atoms with van der Waals surface area (Å²) in [6, 6.07) is 7.83. The summed E-state index contributed by atoms with van der Waals surface area (Å²) in [5.41, 5.74) is 0.546. The highest BCUT2D eigenvalue weighted by atomic mass is 35.5. The van der Waals surface area contributed by atoms with Gasteiger partial charge in [0.1, 0.15) is 11.6 Å². The molecule has 0 amide bonds. The highest BCUT2D eigenvalue weighted by Crippen LogP contribution is 2.27. The minimum Gasteiger partial charge on any atom is -0.508 e. The van der Waals surface area contributed by atoms with Crippen LogP contribution in [0.25, 0.3) is 0 Å². The molecule has 2 nitrogen and oxygen atoms in total. The van der Waals surface area contributed by atoms with E-state index in [4.69, 9.17) is 11.6 Å². The lowest BCUT2D eigenvalue weighted by Crippen LogP contribution is -2.17. The van der Waals surface area contributed by atoms with Crippen LogP contribution in [0.2, 0.25) is 4.34 Å². The fourth-order valence-electron chi connectivity index (χ4n) is 1.62. The topological polar surface area (TPSA) is 32.3 Å². The third-order valence-corrected chi connectivity index (χ3v) is 4.07. The molecule has 2 rings (SSSR count). The third-order valence-electron chi connectivity index (χ3n) is 2.66. The SMILES string of the molecule is CC(NCc1cc(F)ccc1O)c1ccc(Cl)s1. The Bertz CT molecular complexity index is 544. The number of benzene rings is 1. The van der Waals surface area contributed by atoms with Crippen LogP contribution in [0.15, 0.2) is 30.3 Å². The van der Waals surface area contributed by atoms with Crippen molar-refractivity contribution in [3.05, 3.63) is 50.9 Å². The summed E-state index contributed by atoms with van der Waals surface area (Å²) in [5.74, 6) is -0.253. The Labute approximate surface area is 114 Å². The van der Waals surface area contributed by atoms with E-state index < -0.39 is 0 Å². The Hall–Kier alpha value is -1.10. The summed E-state index contributed by atoms with van der Waals surface area (Å²) in [5, 5.41) is 12.8. The monoisotopic (exact) mass is 285 g/mol. The molecule has 1 aromatic heterocycles. The Morgan fingerprint density at radius 2 is 2.17 bits per heavy atom. The molecule has 0 fully saturated rings. The van der Waals surface area contributed by atoms with Crippen molar-refractivity contribution < 1.29 is 9.50 Å². The van der Waals surface area contributed by atoms with E-state index in [0.29, 0.717) is 12.1 Å². The zero-order chi connectivity index (χ0) is 13.1. The minimum absolute atomic E-state index is 0.0975. The molecule has 1 atom stereocenters. The Morgan fingerprint density at radius 1 is 1.39 bits per heavy atom. The van der Waals surface area contributed by atoms with E-state index in [9.17, 15) is 9.50 Å². The fourth-order valence-corrected chi connectivity index (χ4v) is 2.71. The molecule has 96 valence electrons. The predicted octanol–water partition coefficient (Wildman–Crippen LogP) is 4.10. The first kappa shape index (κ1) is 13.3. The van der Waals surface area contributed by atoms with Crippen molar-refractivity contribution in [2.24, 2.45) is 0 Å². The number of rotatable bonds is 4. The van der Waals surface area contributed by atoms with Gasteiger partial charge in [0.25, 0.3) is 0 Å². The molecule has 0 saturated carbocycles. The van der Waals surface area contributed by atoms with Crippen LogP contribution >= 0.6 is 22.9 Å². The first-order valence-corrected chi connectivity index (χ1v) is 6.71. The van der Waals surface area contributed by atoms with E-state index >= 15 is 0 Å². The molecule has 0 spiro atoms. The molecule has 0 aliphatic rings. The number of hydrogen-bond acceptors (Lipinski definition) is 3. The molecular weight excluding hydrogens is 273 g/mol. The third kappa shape index (κ3) is 3.22. The first-order valence-electron chi connectivity index (χ1n) is 5.52. The summed E-state index contributed by atoms with van der Waals surface area (Å²) in [7, 11) is 0. The molecule has 1 aromatic carbocycles. The van der Waals surface area contributed by atoms with Crippen LogP contribution in [-0.2, 0) is 6.54 Å². The fraction of sp³-hybridized carbons (Fsp3) is 0.231.